The van der Waals surface area contributed by atoms with Crippen LogP contribution in [0.3, 0.4) is 0 Å². The zero-order chi connectivity index (χ0) is 22.8. The summed E-state index contributed by atoms with van der Waals surface area (Å²) in [5.41, 5.74) is 2.64. The van der Waals surface area contributed by atoms with Gasteiger partial charge in [-0.25, -0.2) is 9.37 Å². The summed E-state index contributed by atoms with van der Waals surface area (Å²) < 4.78 is 15.2. The van der Waals surface area contributed by atoms with Crippen LogP contribution in [0.5, 0.6) is 0 Å². The van der Waals surface area contributed by atoms with Gasteiger partial charge in [0.2, 0.25) is 11.8 Å². The third-order valence-corrected chi connectivity index (χ3v) is 5.42. The van der Waals surface area contributed by atoms with Gasteiger partial charge in [0.25, 0.3) is 0 Å². The molecule has 8 heteroatoms. The number of halogens is 2. The quantitative estimate of drug-likeness (QED) is 0.452. The molecular weight excluding hydrogens is 431 g/mol. The molecule has 0 radical (unpaired) electrons. The van der Waals surface area contributed by atoms with Gasteiger partial charge in [-0.3, -0.25) is 14.5 Å². The average molecular weight is 451 g/mol. The van der Waals surface area contributed by atoms with Gasteiger partial charge in [-0.2, -0.15) is 0 Å². The number of pyridine rings is 1. The Morgan fingerprint density at radius 2 is 1.94 bits per heavy atom. The van der Waals surface area contributed by atoms with Crippen molar-refractivity contribution in [1.29, 1.82) is 0 Å². The van der Waals surface area contributed by atoms with E-state index in [4.69, 9.17) is 11.6 Å². The third-order valence-electron chi connectivity index (χ3n) is 5.07. The predicted molar refractivity (Wildman–Crippen MR) is 124 cm³/mol. The molecule has 0 saturated carbocycles. The van der Waals surface area contributed by atoms with Crippen LogP contribution in [0.25, 0.3) is 10.9 Å². The lowest BCUT2D eigenvalue weighted by atomic mass is 10.1. The van der Waals surface area contributed by atoms with Crippen LogP contribution in [0, 0.1) is 5.82 Å². The van der Waals surface area contributed by atoms with Crippen molar-refractivity contribution < 1.29 is 14.0 Å². The first-order valence-electron chi connectivity index (χ1n) is 9.87. The molecule has 0 bridgehead atoms. The molecule has 2 amide bonds. The van der Waals surface area contributed by atoms with Crippen LogP contribution in [-0.4, -0.2) is 21.4 Å². The van der Waals surface area contributed by atoms with Crippen LogP contribution < -0.4 is 10.2 Å². The summed E-state index contributed by atoms with van der Waals surface area (Å²) >= 11 is 6.01. The van der Waals surface area contributed by atoms with E-state index in [1.165, 1.54) is 36.2 Å². The maximum atomic E-state index is 13.2. The number of amides is 2. The van der Waals surface area contributed by atoms with E-state index in [2.05, 4.69) is 10.3 Å². The summed E-state index contributed by atoms with van der Waals surface area (Å²) in [6.07, 6.45) is 3.46. The number of benzene rings is 2. The van der Waals surface area contributed by atoms with Crippen molar-refractivity contribution in [3.63, 3.8) is 0 Å². The zero-order valence-electron chi connectivity index (χ0n) is 17.5. The maximum Gasteiger partial charge on any atom is 0.229 e. The molecule has 0 aliphatic rings. The Labute approximate surface area is 189 Å². The Morgan fingerprint density at radius 1 is 1.12 bits per heavy atom. The van der Waals surface area contributed by atoms with Gasteiger partial charge in [-0.1, -0.05) is 23.7 Å². The van der Waals surface area contributed by atoms with Crippen LogP contribution >= 0.6 is 11.6 Å². The zero-order valence-corrected chi connectivity index (χ0v) is 18.2. The van der Waals surface area contributed by atoms with Gasteiger partial charge in [0.05, 0.1) is 12.1 Å². The second kappa shape index (κ2) is 8.80. The van der Waals surface area contributed by atoms with Crippen LogP contribution in [0.15, 0.2) is 67.0 Å². The number of nitrogens with one attached hydrogen (secondary N) is 1. The minimum atomic E-state index is -0.462. The van der Waals surface area contributed by atoms with Gasteiger partial charge in [-0.05, 0) is 47.3 Å². The van der Waals surface area contributed by atoms with E-state index in [1.54, 1.807) is 12.1 Å². The lowest BCUT2D eigenvalue weighted by molar-refractivity contribution is -0.116. The number of nitrogens with zero attached hydrogens (tertiary/aromatic N) is 3. The normalized spacial score (nSPS) is 10.9. The molecule has 162 valence electrons. The molecule has 6 nitrogen and oxygen atoms in total. The van der Waals surface area contributed by atoms with Crippen molar-refractivity contribution in [2.45, 2.75) is 13.3 Å². The number of carbonyl (C=O) groups excluding carboxylic acids is 2. The number of hydrogen-bond acceptors (Lipinski definition) is 3. The lowest BCUT2D eigenvalue weighted by Gasteiger charge is -2.21. The van der Waals surface area contributed by atoms with Crippen LogP contribution in [0.4, 0.5) is 21.6 Å². The number of carbonyl (C=O) groups is 2. The molecule has 0 aliphatic heterocycles. The summed E-state index contributed by atoms with van der Waals surface area (Å²) in [7, 11) is 1.94. The van der Waals surface area contributed by atoms with Crippen LogP contribution in [0.2, 0.25) is 5.02 Å². The highest BCUT2D eigenvalue weighted by molar-refractivity contribution is 6.31. The van der Waals surface area contributed by atoms with E-state index in [0.29, 0.717) is 22.8 Å². The van der Waals surface area contributed by atoms with E-state index in [9.17, 15) is 14.0 Å². The largest absolute Gasteiger partial charge is 0.350 e. The fraction of sp³-hybridized carbons (Fsp3) is 0.125. The number of fused-ring (bicyclic) bond motifs is 1. The van der Waals surface area contributed by atoms with Crippen molar-refractivity contribution in [2.24, 2.45) is 7.05 Å². The Bertz CT molecular complexity index is 1330. The van der Waals surface area contributed by atoms with Crippen LogP contribution in [-0.2, 0) is 23.1 Å². The van der Waals surface area contributed by atoms with Gasteiger partial charge in [0.15, 0.2) is 0 Å². The molecule has 4 rings (SSSR count). The van der Waals surface area contributed by atoms with Crippen molar-refractivity contribution in [3.8, 4) is 0 Å². The fourth-order valence-electron chi connectivity index (χ4n) is 3.53. The van der Waals surface area contributed by atoms with Crippen LogP contribution in [0.1, 0.15) is 12.5 Å². The molecule has 1 N–H and O–H groups in total. The molecule has 2 aromatic heterocycles. The highest BCUT2D eigenvalue weighted by atomic mass is 35.5. The minimum absolute atomic E-state index is 0.0165. The molecule has 0 fully saturated rings. The Balaban J connectivity index is 1.58. The number of hydrogen-bond donors (Lipinski definition) is 1. The summed E-state index contributed by atoms with van der Waals surface area (Å²) in [6.45, 7) is 1.46. The van der Waals surface area contributed by atoms with Gasteiger partial charge in [0.1, 0.15) is 11.6 Å². The van der Waals surface area contributed by atoms with Gasteiger partial charge < -0.3 is 9.88 Å². The molecule has 32 heavy (non-hydrogen) atoms. The first-order valence-corrected chi connectivity index (χ1v) is 10.3. The monoisotopic (exact) mass is 450 g/mol. The SMILES string of the molecule is CC(=O)N(c1ccc2ccn(C)c2c1)c1cc(NC(=O)Cc2ccc(F)cc2Cl)ccn1. The Kier molecular flexibility index (Phi) is 5.92. The number of rotatable bonds is 5. The standard InChI is InChI=1S/C24H20ClFN4O2/c1-15(31)30(20-6-4-16-8-10-29(2)22(16)14-20)23-13-19(7-9-27-23)28-24(32)11-17-3-5-18(26)12-21(17)25/h3-10,12-14H,11H2,1-2H3,(H,27,28,32). The molecule has 0 unspecified atom stereocenters. The average Bonchev–Trinajstić information content (AvgIpc) is 3.11. The number of aryl methyl sites for hydroxylation is 1. The van der Waals surface area contributed by atoms with E-state index < -0.39 is 5.82 Å². The van der Waals surface area contributed by atoms with E-state index >= 15 is 0 Å². The number of aromatic nitrogens is 2. The third kappa shape index (κ3) is 4.48. The van der Waals surface area contributed by atoms with E-state index in [-0.39, 0.29) is 23.3 Å². The van der Waals surface area contributed by atoms with Gasteiger partial charge >= 0.3 is 0 Å². The van der Waals surface area contributed by atoms with Crippen molar-refractivity contribution in [1.82, 2.24) is 9.55 Å². The molecule has 0 spiro atoms. The number of anilines is 3. The molecule has 2 heterocycles. The highest BCUT2D eigenvalue weighted by Crippen LogP contribution is 2.29. The Hall–Kier alpha value is -3.71. The topological polar surface area (TPSA) is 67.2 Å². The second-order valence-corrected chi connectivity index (χ2v) is 7.79. The van der Waals surface area contributed by atoms with Crippen molar-refractivity contribution in [2.75, 3.05) is 10.2 Å². The summed E-state index contributed by atoms with van der Waals surface area (Å²) in [5, 5.41) is 4.03. The van der Waals surface area contributed by atoms with Crippen molar-refractivity contribution >= 4 is 51.5 Å². The Morgan fingerprint density at radius 3 is 2.69 bits per heavy atom. The van der Waals surface area contributed by atoms with E-state index in [0.717, 1.165) is 10.9 Å². The molecule has 2 aromatic carbocycles. The first-order chi connectivity index (χ1) is 15.3. The lowest BCUT2D eigenvalue weighted by Crippen LogP contribution is -2.24. The molecule has 0 aliphatic carbocycles. The molecule has 0 atom stereocenters. The first kappa shape index (κ1) is 21.5. The second-order valence-electron chi connectivity index (χ2n) is 7.39. The summed E-state index contributed by atoms with van der Waals surface area (Å²) in [6, 6.07) is 14.9. The highest BCUT2D eigenvalue weighted by Gasteiger charge is 2.18. The van der Waals surface area contributed by atoms with Gasteiger partial charge in [0, 0.05) is 48.7 Å². The predicted octanol–water partition coefficient (Wildman–Crippen LogP) is 5.23. The minimum Gasteiger partial charge on any atom is -0.350 e. The van der Waals surface area contributed by atoms with E-state index in [1.807, 2.05) is 42.1 Å². The smallest absolute Gasteiger partial charge is 0.229 e. The molecule has 4 aromatic rings. The van der Waals surface area contributed by atoms with Crippen molar-refractivity contribution in [3.05, 3.63) is 83.4 Å². The summed E-state index contributed by atoms with van der Waals surface area (Å²) in [4.78, 5) is 30.8. The maximum absolute atomic E-state index is 13.2. The fourth-order valence-corrected chi connectivity index (χ4v) is 3.76. The molecule has 0 saturated heterocycles. The van der Waals surface area contributed by atoms with Gasteiger partial charge in [-0.15, -0.1) is 0 Å². The molecular formula is C24H20ClFN4O2. The summed E-state index contributed by atoms with van der Waals surface area (Å²) in [5.74, 6) is -0.623.